The second-order valence-corrected chi connectivity index (χ2v) is 3.40. The molecule has 0 aliphatic carbocycles. The van der Waals surface area contributed by atoms with E-state index >= 15 is 0 Å². The van der Waals surface area contributed by atoms with Crippen LogP contribution in [0.5, 0.6) is 0 Å². The molecule has 1 rings (SSSR count). The molecule has 1 aromatic rings. The van der Waals surface area contributed by atoms with Crippen molar-refractivity contribution in [2.75, 3.05) is 0 Å². The predicted molar refractivity (Wildman–Crippen MR) is 59.2 cm³/mol. The van der Waals surface area contributed by atoms with Crippen LogP contribution in [0.15, 0.2) is 35.0 Å². The molecule has 0 aromatic carbocycles. The topological polar surface area (TPSA) is 76.7 Å². The van der Waals surface area contributed by atoms with E-state index in [0.717, 1.165) is 18.6 Å². The summed E-state index contributed by atoms with van der Waals surface area (Å²) in [6.07, 6.45) is 4.10. The molecular weight excluding hydrogens is 224 g/mol. The van der Waals surface area contributed by atoms with Gasteiger partial charge in [-0.3, -0.25) is 0 Å². The summed E-state index contributed by atoms with van der Waals surface area (Å²) in [5.41, 5.74) is 0. The maximum absolute atomic E-state index is 11.3. The van der Waals surface area contributed by atoms with Crippen molar-refractivity contribution >= 4 is 11.9 Å². The van der Waals surface area contributed by atoms with Gasteiger partial charge in [-0.15, -0.1) is 0 Å². The van der Waals surface area contributed by atoms with Crippen LogP contribution in [0.1, 0.15) is 31.6 Å². The zero-order chi connectivity index (χ0) is 12.7. The number of rotatable bonds is 6. The van der Waals surface area contributed by atoms with E-state index in [0.29, 0.717) is 12.2 Å². The van der Waals surface area contributed by atoms with Crippen LogP contribution in [0.3, 0.4) is 0 Å². The minimum Gasteiger partial charge on any atom is -0.478 e. The molecule has 5 heteroatoms. The Morgan fingerprint density at radius 2 is 2.29 bits per heavy atom. The summed E-state index contributed by atoms with van der Waals surface area (Å²) < 4.78 is 10.3. The Morgan fingerprint density at radius 3 is 2.82 bits per heavy atom. The fourth-order valence-corrected chi connectivity index (χ4v) is 1.31. The molecule has 0 bridgehead atoms. The number of carbonyl (C=O) groups is 2. The van der Waals surface area contributed by atoms with Crippen molar-refractivity contribution in [3.05, 3.63) is 36.3 Å². The lowest BCUT2D eigenvalue weighted by Crippen LogP contribution is -2.09. The molecule has 1 aromatic heterocycles. The first-order valence-corrected chi connectivity index (χ1v) is 5.28. The summed E-state index contributed by atoms with van der Waals surface area (Å²) in [5.74, 6) is -1.32. The van der Waals surface area contributed by atoms with Gasteiger partial charge in [-0.05, 0) is 18.6 Å². The van der Waals surface area contributed by atoms with E-state index in [1.165, 1.54) is 6.26 Å². The lowest BCUT2D eigenvalue weighted by Gasteiger charge is -2.13. The highest BCUT2D eigenvalue weighted by atomic mass is 16.6. The molecule has 0 fully saturated rings. The fourth-order valence-electron chi connectivity index (χ4n) is 1.31. The summed E-state index contributed by atoms with van der Waals surface area (Å²) in [6, 6.07) is 3.42. The Bertz CT molecular complexity index is 391. The third kappa shape index (κ3) is 4.55. The van der Waals surface area contributed by atoms with Gasteiger partial charge in [0.15, 0.2) is 6.10 Å². The Hall–Kier alpha value is -2.04. The highest BCUT2D eigenvalue weighted by Gasteiger charge is 2.17. The van der Waals surface area contributed by atoms with Crippen LogP contribution in [-0.4, -0.2) is 17.0 Å². The minimum absolute atomic E-state index is 0.471. The van der Waals surface area contributed by atoms with Gasteiger partial charge >= 0.3 is 11.9 Å². The number of carboxylic acids is 1. The number of hydrogen-bond acceptors (Lipinski definition) is 4. The summed E-state index contributed by atoms with van der Waals surface area (Å²) in [5, 5.41) is 8.37. The average Bonchev–Trinajstić information content (AvgIpc) is 2.79. The molecular formula is C12H14O5. The Kier molecular flexibility index (Phi) is 5.00. The number of hydrogen-bond donors (Lipinski definition) is 1. The lowest BCUT2D eigenvalue weighted by molar-refractivity contribution is -0.145. The molecule has 92 valence electrons. The first kappa shape index (κ1) is 13.0. The first-order valence-electron chi connectivity index (χ1n) is 5.28. The van der Waals surface area contributed by atoms with Gasteiger partial charge in [-0.1, -0.05) is 13.3 Å². The summed E-state index contributed by atoms with van der Waals surface area (Å²) in [4.78, 5) is 21.5. The van der Waals surface area contributed by atoms with Crippen molar-refractivity contribution in [2.45, 2.75) is 25.9 Å². The van der Waals surface area contributed by atoms with Crippen molar-refractivity contribution in [2.24, 2.45) is 0 Å². The lowest BCUT2D eigenvalue weighted by atomic mass is 10.1. The second kappa shape index (κ2) is 6.52. The Morgan fingerprint density at radius 1 is 1.53 bits per heavy atom. The molecule has 1 atom stereocenters. The normalized spacial score (nSPS) is 12.5. The summed E-state index contributed by atoms with van der Waals surface area (Å²) in [6.45, 7) is 1.96. The van der Waals surface area contributed by atoms with E-state index in [9.17, 15) is 9.59 Å². The fraction of sp³-hybridized carbons (Fsp3) is 0.333. The molecule has 0 saturated carbocycles. The number of carboxylic acid groups (broad SMARTS) is 1. The van der Waals surface area contributed by atoms with E-state index < -0.39 is 18.0 Å². The average molecular weight is 238 g/mol. The van der Waals surface area contributed by atoms with Crippen molar-refractivity contribution in [1.29, 1.82) is 0 Å². The van der Waals surface area contributed by atoms with E-state index in [-0.39, 0.29) is 0 Å². The van der Waals surface area contributed by atoms with E-state index in [1.807, 2.05) is 6.92 Å². The second-order valence-electron chi connectivity index (χ2n) is 3.40. The molecule has 0 aliphatic heterocycles. The molecule has 1 heterocycles. The van der Waals surface area contributed by atoms with Crippen LogP contribution in [-0.2, 0) is 14.3 Å². The van der Waals surface area contributed by atoms with Crippen LogP contribution in [0.4, 0.5) is 0 Å². The van der Waals surface area contributed by atoms with Gasteiger partial charge in [-0.2, -0.15) is 0 Å². The maximum atomic E-state index is 11.3. The Labute approximate surface area is 98.7 Å². The van der Waals surface area contributed by atoms with Crippen LogP contribution >= 0.6 is 0 Å². The van der Waals surface area contributed by atoms with Crippen molar-refractivity contribution in [3.63, 3.8) is 0 Å². The largest absolute Gasteiger partial charge is 0.478 e. The molecule has 5 nitrogen and oxygen atoms in total. The van der Waals surface area contributed by atoms with Crippen molar-refractivity contribution in [3.8, 4) is 0 Å². The van der Waals surface area contributed by atoms with E-state index in [2.05, 4.69) is 0 Å². The molecule has 0 amide bonds. The van der Waals surface area contributed by atoms with Gasteiger partial charge in [0.25, 0.3) is 0 Å². The third-order valence-electron chi connectivity index (χ3n) is 2.03. The zero-order valence-corrected chi connectivity index (χ0v) is 9.46. The van der Waals surface area contributed by atoms with Gasteiger partial charge < -0.3 is 14.3 Å². The van der Waals surface area contributed by atoms with Gasteiger partial charge in [0.05, 0.1) is 6.26 Å². The zero-order valence-electron chi connectivity index (χ0n) is 9.46. The first-order chi connectivity index (χ1) is 8.13. The van der Waals surface area contributed by atoms with Gasteiger partial charge in [0, 0.05) is 12.2 Å². The van der Waals surface area contributed by atoms with Crippen molar-refractivity contribution < 1.29 is 23.8 Å². The van der Waals surface area contributed by atoms with E-state index in [4.69, 9.17) is 14.3 Å². The molecule has 0 saturated heterocycles. The maximum Gasteiger partial charge on any atom is 0.331 e. The van der Waals surface area contributed by atoms with Crippen LogP contribution in [0.2, 0.25) is 0 Å². The summed E-state index contributed by atoms with van der Waals surface area (Å²) >= 11 is 0. The predicted octanol–water partition coefficient (Wildman–Crippen LogP) is 2.30. The monoisotopic (exact) mass is 238 g/mol. The minimum atomic E-state index is -1.19. The smallest absolute Gasteiger partial charge is 0.331 e. The van der Waals surface area contributed by atoms with Gasteiger partial charge in [-0.25, -0.2) is 9.59 Å². The molecule has 1 unspecified atom stereocenters. The van der Waals surface area contributed by atoms with Crippen molar-refractivity contribution in [1.82, 2.24) is 0 Å². The Balaban J connectivity index is 2.61. The van der Waals surface area contributed by atoms with Crippen LogP contribution in [0, 0.1) is 0 Å². The molecule has 0 aliphatic rings. The number of aliphatic carboxylic acids is 1. The number of esters is 1. The standard InChI is InChI=1S/C12H14O5/c1-2-4-10(9-5-3-8-16-9)17-12(15)7-6-11(13)14/h3,5-8,10H,2,4H2,1H3,(H,13,14)/b7-6+. The SMILES string of the molecule is CCCC(OC(=O)/C=C/C(=O)O)c1ccco1. The van der Waals surface area contributed by atoms with Crippen LogP contribution in [0.25, 0.3) is 0 Å². The highest BCUT2D eigenvalue weighted by molar-refractivity contribution is 5.90. The van der Waals surface area contributed by atoms with Crippen LogP contribution < -0.4 is 0 Å². The number of furan rings is 1. The molecule has 0 radical (unpaired) electrons. The summed E-state index contributed by atoms with van der Waals surface area (Å²) in [7, 11) is 0. The highest BCUT2D eigenvalue weighted by Crippen LogP contribution is 2.23. The van der Waals surface area contributed by atoms with E-state index in [1.54, 1.807) is 12.1 Å². The molecule has 17 heavy (non-hydrogen) atoms. The van der Waals surface area contributed by atoms with Gasteiger partial charge in [0.1, 0.15) is 5.76 Å². The quantitative estimate of drug-likeness (QED) is 0.607. The number of ether oxygens (including phenoxy) is 1. The number of carbonyl (C=O) groups excluding carboxylic acids is 1. The van der Waals surface area contributed by atoms with Gasteiger partial charge in [0.2, 0.25) is 0 Å². The molecule has 0 spiro atoms. The molecule has 1 N–H and O–H groups in total. The third-order valence-corrected chi connectivity index (χ3v) is 2.03.